The van der Waals surface area contributed by atoms with Crippen molar-refractivity contribution in [2.75, 3.05) is 0 Å². The fourth-order valence-electron chi connectivity index (χ4n) is 1.08. The lowest BCUT2D eigenvalue weighted by atomic mass is 10.1. The highest BCUT2D eigenvalue weighted by Crippen LogP contribution is 2.28. The van der Waals surface area contributed by atoms with Crippen molar-refractivity contribution < 1.29 is 4.79 Å². The van der Waals surface area contributed by atoms with Gasteiger partial charge in [-0.15, -0.1) is 0 Å². The Balaban J connectivity index is 3.43. The molecule has 0 aliphatic carbocycles. The number of ketones is 1. The maximum absolute atomic E-state index is 11.1. The summed E-state index contributed by atoms with van der Waals surface area (Å²) in [5, 5.41) is 0.775. The van der Waals surface area contributed by atoms with Crippen LogP contribution in [-0.4, -0.2) is 5.78 Å². The van der Waals surface area contributed by atoms with Gasteiger partial charge in [0.15, 0.2) is 5.78 Å². The van der Waals surface area contributed by atoms with E-state index in [0.29, 0.717) is 15.6 Å². The Hall–Kier alpha value is -0.530. The second-order valence-corrected chi connectivity index (χ2v) is 3.39. The molecule has 0 heterocycles. The molecule has 0 atom stereocenters. The molecule has 64 valence electrons. The lowest BCUT2D eigenvalue weighted by Crippen LogP contribution is -1.97. The number of benzene rings is 1. The van der Waals surface area contributed by atoms with E-state index in [2.05, 4.69) is 0 Å². The first-order valence-corrected chi connectivity index (χ1v) is 4.25. The number of halogens is 2. The highest BCUT2D eigenvalue weighted by molar-refractivity contribution is 6.44. The molecule has 0 radical (unpaired) electrons. The van der Waals surface area contributed by atoms with Gasteiger partial charge in [0.1, 0.15) is 0 Å². The summed E-state index contributed by atoms with van der Waals surface area (Å²) >= 11 is 11.6. The van der Waals surface area contributed by atoms with E-state index in [-0.39, 0.29) is 5.78 Å². The Morgan fingerprint density at radius 1 is 1.33 bits per heavy atom. The second kappa shape index (κ2) is 3.46. The van der Waals surface area contributed by atoms with Gasteiger partial charge in [0, 0.05) is 5.56 Å². The normalized spacial score (nSPS) is 10.0. The van der Waals surface area contributed by atoms with Crippen LogP contribution in [-0.2, 0) is 0 Å². The second-order valence-electron chi connectivity index (χ2n) is 2.61. The average molecular weight is 203 g/mol. The van der Waals surface area contributed by atoms with E-state index < -0.39 is 0 Å². The van der Waals surface area contributed by atoms with E-state index in [4.69, 9.17) is 23.2 Å². The van der Waals surface area contributed by atoms with E-state index in [0.717, 1.165) is 5.56 Å². The van der Waals surface area contributed by atoms with Gasteiger partial charge < -0.3 is 0 Å². The molecule has 0 spiro atoms. The Bertz CT molecular complexity index is 332. The van der Waals surface area contributed by atoms with Crippen molar-refractivity contribution in [1.29, 1.82) is 0 Å². The van der Waals surface area contributed by atoms with Crippen LogP contribution in [0.15, 0.2) is 12.1 Å². The summed E-state index contributed by atoms with van der Waals surface area (Å²) in [5.74, 6) is -0.0556. The lowest BCUT2D eigenvalue weighted by Gasteiger charge is -2.05. The molecule has 1 aromatic carbocycles. The molecule has 3 heteroatoms. The van der Waals surface area contributed by atoms with Crippen LogP contribution in [0.25, 0.3) is 0 Å². The third-order valence-corrected chi connectivity index (χ3v) is 2.46. The van der Waals surface area contributed by atoms with Crippen LogP contribution in [0.5, 0.6) is 0 Å². The summed E-state index contributed by atoms with van der Waals surface area (Å²) in [6.45, 7) is 3.31. The molecule has 0 aliphatic rings. The molecular weight excluding hydrogens is 195 g/mol. The van der Waals surface area contributed by atoms with Crippen LogP contribution in [0, 0.1) is 6.92 Å². The molecule has 0 aliphatic heterocycles. The van der Waals surface area contributed by atoms with Crippen molar-refractivity contribution in [3.05, 3.63) is 33.3 Å². The third-order valence-electron chi connectivity index (χ3n) is 1.66. The zero-order chi connectivity index (χ0) is 9.30. The standard InChI is InChI=1S/C9H8Cl2O/c1-5-3-4-7(10)9(11)8(5)6(2)12/h3-4H,1-2H3. The number of Topliss-reactive ketones (excluding diaryl/α,β-unsaturated/α-hetero) is 1. The molecule has 0 unspecified atom stereocenters. The Kier molecular flexibility index (Phi) is 2.76. The van der Waals surface area contributed by atoms with Crippen molar-refractivity contribution in [3.8, 4) is 0 Å². The third kappa shape index (κ3) is 1.62. The van der Waals surface area contributed by atoms with Gasteiger partial charge in [0.25, 0.3) is 0 Å². The Morgan fingerprint density at radius 3 is 2.33 bits per heavy atom. The number of hydrogen-bond donors (Lipinski definition) is 0. The Labute approximate surface area is 81.3 Å². The summed E-state index contributed by atoms with van der Waals surface area (Å²) in [6.07, 6.45) is 0. The van der Waals surface area contributed by atoms with E-state index in [1.165, 1.54) is 6.92 Å². The summed E-state index contributed by atoms with van der Waals surface area (Å²) in [5.41, 5.74) is 1.38. The molecule has 0 aromatic heterocycles. The largest absolute Gasteiger partial charge is 0.294 e. The summed E-state index contributed by atoms with van der Waals surface area (Å²) in [7, 11) is 0. The lowest BCUT2D eigenvalue weighted by molar-refractivity contribution is 0.101. The first-order chi connectivity index (χ1) is 5.54. The predicted octanol–water partition coefficient (Wildman–Crippen LogP) is 3.50. The molecule has 1 nitrogen and oxygen atoms in total. The first kappa shape index (κ1) is 9.56. The molecule has 0 amide bonds. The van der Waals surface area contributed by atoms with Gasteiger partial charge in [-0.05, 0) is 25.5 Å². The maximum atomic E-state index is 11.1. The molecular formula is C9H8Cl2O. The SMILES string of the molecule is CC(=O)c1c(C)ccc(Cl)c1Cl. The average Bonchev–Trinajstić information content (AvgIpc) is 1.97. The summed E-state index contributed by atoms with van der Waals surface area (Å²) < 4.78 is 0. The molecule has 0 saturated heterocycles. The molecule has 0 N–H and O–H groups in total. The number of rotatable bonds is 1. The van der Waals surface area contributed by atoms with Crippen LogP contribution in [0.1, 0.15) is 22.8 Å². The van der Waals surface area contributed by atoms with Gasteiger partial charge in [0.2, 0.25) is 0 Å². The van der Waals surface area contributed by atoms with E-state index in [1.807, 2.05) is 6.92 Å². The number of carbonyl (C=O) groups excluding carboxylic acids is 1. The zero-order valence-electron chi connectivity index (χ0n) is 6.82. The molecule has 1 rings (SSSR count). The minimum atomic E-state index is -0.0556. The van der Waals surface area contributed by atoms with E-state index >= 15 is 0 Å². The van der Waals surface area contributed by atoms with Crippen LogP contribution >= 0.6 is 23.2 Å². The van der Waals surface area contributed by atoms with Crippen molar-refractivity contribution >= 4 is 29.0 Å². The summed E-state index contributed by atoms with van der Waals surface area (Å²) in [6, 6.07) is 3.47. The van der Waals surface area contributed by atoms with Crippen LogP contribution in [0.3, 0.4) is 0 Å². The van der Waals surface area contributed by atoms with Crippen molar-refractivity contribution in [1.82, 2.24) is 0 Å². The monoisotopic (exact) mass is 202 g/mol. The van der Waals surface area contributed by atoms with Gasteiger partial charge in [-0.25, -0.2) is 0 Å². The van der Waals surface area contributed by atoms with Crippen LogP contribution < -0.4 is 0 Å². The Morgan fingerprint density at radius 2 is 1.92 bits per heavy atom. The zero-order valence-corrected chi connectivity index (χ0v) is 8.33. The van der Waals surface area contributed by atoms with Crippen LogP contribution in [0.2, 0.25) is 10.0 Å². The molecule has 0 fully saturated rings. The van der Waals surface area contributed by atoms with Crippen molar-refractivity contribution in [3.63, 3.8) is 0 Å². The minimum absolute atomic E-state index is 0.0556. The quantitative estimate of drug-likeness (QED) is 0.638. The molecule has 12 heavy (non-hydrogen) atoms. The van der Waals surface area contributed by atoms with Crippen molar-refractivity contribution in [2.45, 2.75) is 13.8 Å². The van der Waals surface area contributed by atoms with Gasteiger partial charge in [0.05, 0.1) is 10.0 Å². The first-order valence-electron chi connectivity index (χ1n) is 3.49. The molecule has 0 saturated carbocycles. The maximum Gasteiger partial charge on any atom is 0.161 e. The van der Waals surface area contributed by atoms with Crippen LogP contribution in [0.4, 0.5) is 0 Å². The van der Waals surface area contributed by atoms with E-state index in [1.54, 1.807) is 12.1 Å². The number of aryl methyl sites for hydroxylation is 1. The molecule has 0 bridgehead atoms. The number of carbonyl (C=O) groups is 1. The van der Waals surface area contributed by atoms with Gasteiger partial charge in [-0.2, -0.15) is 0 Å². The van der Waals surface area contributed by atoms with Gasteiger partial charge in [-0.1, -0.05) is 29.3 Å². The van der Waals surface area contributed by atoms with Gasteiger partial charge >= 0.3 is 0 Å². The topological polar surface area (TPSA) is 17.1 Å². The fourth-order valence-corrected chi connectivity index (χ4v) is 1.58. The number of hydrogen-bond acceptors (Lipinski definition) is 1. The van der Waals surface area contributed by atoms with E-state index in [9.17, 15) is 4.79 Å². The molecule has 1 aromatic rings. The predicted molar refractivity (Wildman–Crippen MR) is 51.2 cm³/mol. The van der Waals surface area contributed by atoms with Crippen molar-refractivity contribution in [2.24, 2.45) is 0 Å². The summed E-state index contributed by atoms with van der Waals surface area (Å²) in [4.78, 5) is 11.1. The minimum Gasteiger partial charge on any atom is -0.294 e. The van der Waals surface area contributed by atoms with Gasteiger partial charge in [-0.3, -0.25) is 4.79 Å². The highest BCUT2D eigenvalue weighted by Gasteiger charge is 2.11. The fraction of sp³-hybridized carbons (Fsp3) is 0.222. The smallest absolute Gasteiger partial charge is 0.161 e. The highest BCUT2D eigenvalue weighted by atomic mass is 35.5.